The fourth-order valence-electron chi connectivity index (χ4n) is 2.50. The maximum atomic E-state index is 5.49. The summed E-state index contributed by atoms with van der Waals surface area (Å²) < 4.78 is 5.46. The van der Waals surface area contributed by atoms with Crippen molar-refractivity contribution in [2.45, 2.75) is 39.5 Å². The molecule has 0 atom stereocenters. The number of para-hydroxylation sites is 1. The quantitative estimate of drug-likeness (QED) is 0.733. The van der Waals surface area contributed by atoms with Crippen molar-refractivity contribution in [2.75, 3.05) is 17.7 Å². The third-order valence-electron chi connectivity index (χ3n) is 3.96. The van der Waals surface area contributed by atoms with Gasteiger partial charge in [-0.15, -0.1) is 0 Å². The lowest BCUT2D eigenvalue weighted by atomic mass is 9.87. The smallest absolute Gasteiger partial charge is 0.175 e. The first kappa shape index (κ1) is 18.3. The van der Waals surface area contributed by atoms with E-state index in [9.17, 15) is 0 Å². The Hall–Kier alpha value is -2.07. The van der Waals surface area contributed by atoms with Crippen LogP contribution in [0.5, 0.6) is 5.75 Å². The van der Waals surface area contributed by atoms with Gasteiger partial charge in [0.25, 0.3) is 0 Å². The maximum absolute atomic E-state index is 5.49. The number of methoxy groups -OCH3 is 1. The van der Waals surface area contributed by atoms with Gasteiger partial charge < -0.3 is 15.4 Å². The number of benzene rings is 2. The van der Waals surface area contributed by atoms with Crippen LogP contribution in [0.2, 0.25) is 0 Å². The first-order valence-corrected chi connectivity index (χ1v) is 8.60. The van der Waals surface area contributed by atoms with E-state index in [1.807, 2.05) is 24.3 Å². The van der Waals surface area contributed by atoms with Crippen LogP contribution in [-0.4, -0.2) is 12.2 Å². The molecule has 0 spiro atoms. The molecule has 4 heteroatoms. The average molecular weight is 343 g/mol. The second-order valence-corrected chi connectivity index (χ2v) is 7.16. The highest BCUT2D eigenvalue weighted by molar-refractivity contribution is 7.80. The molecule has 0 bridgehead atoms. The Labute approximate surface area is 150 Å². The van der Waals surface area contributed by atoms with Crippen LogP contribution in [0.3, 0.4) is 0 Å². The van der Waals surface area contributed by atoms with Crippen molar-refractivity contribution in [1.82, 2.24) is 0 Å². The van der Waals surface area contributed by atoms with Gasteiger partial charge in [-0.3, -0.25) is 0 Å². The lowest BCUT2D eigenvalue weighted by Gasteiger charge is -2.22. The van der Waals surface area contributed by atoms with E-state index in [1.54, 1.807) is 7.11 Å². The van der Waals surface area contributed by atoms with Crippen molar-refractivity contribution < 1.29 is 4.74 Å². The number of nitrogens with one attached hydrogen (secondary N) is 2. The van der Waals surface area contributed by atoms with Gasteiger partial charge in [-0.1, -0.05) is 52.0 Å². The van der Waals surface area contributed by atoms with Gasteiger partial charge in [-0.05, 0) is 53.4 Å². The van der Waals surface area contributed by atoms with Gasteiger partial charge >= 0.3 is 0 Å². The summed E-state index contributed by atoms with van der Waals surface area (Å²) in [6.45, 7) is 8.69. The van der Waals surface area contributed by atoms with Gasteiger partial charge in [0.2, 0.25) is 0 Å². The highest BCUT2D eigenvalue weighted by atomic mass is 32.1. The molecular weight excluding hydrogens is 316 g/mol. The third-order valence-corrected chi connectivity index (χ3v) is 4.16. The molecule has 0 aromatic heterocycles. The summed E-state index contributed by atoms with van der Waals surface area (Å²) in [5, 5.41) is 7.11. The van der Waals surface area contributed by atoms with Crippen LogP contribution >= 0.6 is 12.2 Å². The summed E-state index contributed by atoms with van der Waals surface area (Å²) in [7, 11) is 1.67. The molecule has 0 aliphatic heterocycles. The second-order valence-electron chi connectivity index (χ2n) is 6.75. The molecule has 3 nitrogen and oxygen atoms in total. The molecule has 0 saturated heterocycles. The molecular formula is C20H26N2OS. The van der Waals surface area contributed by atoms with E-state index >= 15 is 0 Å². The Morgan fingerprint density at radius 2 is 1.71 bits per heavy atom. The van der Waals surface area contributed by atoms with Gasteiger partial charge in [-0.2, -0.15) is 0 Å². The summed E-state index contributed by atoms with van der Waals surface area (Å²) in [6, 6.07) is 14.3. The molecule has 0 aliphatic rings. The Balaban J connectivity index is 2.21. The predicted molar refractivity (Wildman–Crippen MR) is 107 cm³/mol. The van der Waals surface area contributed by atoms with Gasteiger partial charge in [0.15, 0.2) is 5.11 Å². The van der Waals surface area contributed by atoms with E-state index in [1.165, 1.54) is 11.1 Å². The van der Waals surface area contributed by atoms with E-state index in [-0.39, 0.29) is 5.41 Å². The van der Waals surface area contributed by atoms with Crippen molar-refractivity contribution in [3.63, 3.8) is 0 Å². The minimum absolute atomic E-state index is 0.0621. The number of hydrogen-bond donors (Lipinski definition) is 2. The molecule has 0 amide bonds. The fourth-order valence-corrected chi connectivity index (χ4v) is 2.72. The Kier molecular flexibility index (Phi) is 5.84. The van der Waals surface area contributed by atoms with E-state index in [2.05, 4.69) is 56.5 Å². The zero-order valence-corrected chi connectivity index (χ0v) is 15.9. The second kappa shape index (κ2) is 7.67. The van der Waals surface area contributed by atoms with Crippen molar-refractivity contribution in [3.05, 3.63) is 53.6 Å². The molecule has 0 aliphatic carbocycles. The molecule has 2 aromatic rings. The molecule has 0 heterocycles. The van der Waals surface area contributed by atoms with Crippen molar-refractivity contribution in [2.24, 2.45) is 0 Å². The highest BCUT2D eigenvalue weighted by Crippen LogP contribution is 2.31. The zero-order valence-electron chi connectivity index (χ0n) is 15.1. The topological polar surface area (TPSA) is 33.3 Å². The minimum atomic E-state index is 0.0621. The highest BCUT2D eigenvalue weighted by Gasteiger charge is 2.16. The maximum Gasteiger partial charge on any atom is 0.175 e. The number of aryl methyl sites for hydroxylation is 1. The van der Waals surface area contributed by atoms with Crippen LogP contribution < -0.4 is 15.4 Å². The van der Waals surface area contributed by atoms with Crippen molar-refractivity contribution >= 4 is 28.7 Å². The normalized spacial score (nSPS) is 11.0. The fraction of sp³-hybridized carbons (Fsp3) is 0.350. The lowest BCUT2D eigenvalue weighted by Crippen LogP contribution is -2.21. The molecule has 0 unspecified atom stereocenters. The van der Waals surface area contributed by atoms with Crippen LogP contribution in [0.15, 0.2) is 42.5 Å². The van der Waals surface area contributed by atoms with Gasteiger partial charge in [0, 0.05) is 5.69 Å². The molecule has 128 valence electrons. The zero-order chi connectivity index (χ0) is 17.7. The van der Waals surface area contributed by atoms with Crippen LogP contribution in [0.4, 0.5) is 11.4 Å². The van der Waals surface area contributed by atoms with Gasteiger partial charge in [0.1, 0.15) is 5.75 Å². The molecule has 2 rings (SSSR count). The summed E-state index contributed by atoms with van der Waals surface area (Å²) in [5.41, 5.74) is 4.42. The predicted octanol–water partition coefficient (Wildman–Crippen LogP) is 5.36. The first-order chi connectivity index (χ1) is 11.3. The molecule has 2 aromatic carbocycles. The molecule has 0 fully saturated rings. The summed E-state index contributed by atoms with van der Waals surface area (Å²) in [4.78, 5) is 0. The average Bonchev–Trinajstić information content (AvgIpc) is 2.54. The summed E-state index contributed by atoms with van der Waals surface area (Å²) in [5.74, 6) is 0.774. The van der Waals surface area contributed by atoms with Gasteiger partial charge in [0.05, 0.1) is 12.8 Å². The largest absolute Gasteiger partial charge is 0.495 e. The SMILES string of the molecule is CCc1ccccc1NC(=S)Nc1cc(C(C)(C)C)ccc1OC. The monoisotopic (exact) mass is 342 g/mol. The molecule has 24 heavy (non-hydrogen) atoms. The van der Waals surface area contributed by atoms with E-state index in [4.69, 9.17) is 17.0 Å². The molecule has 2 N–H and O–H groups in total. The molecule has 0 radical (unpaired) electrons. The van der Waals surface area contributed by atoms with Crippen LogP contribution in [-0.2, 0) is 11.8 Å². The van der Waals surface area contributed by atoms with E-state index in [0.717, 1.165) is 23.5 Å². The minimum Gasteiger partial charge on any atom is -0.495 e. The molecule has 0 saturated carbocycles. The number of rotatable bonds is 4. The third kappa shape index (κ3) is 4.48. The number of thiocarbonyl (C=S) groups is 1. The summed E-state index contributed by atoms with van der Waals surface area (Å²) >= 11 is 5.49. The van der Waals surface area contributed by atoms with Crippen LogP contribution in [0, 0.1) is 0 Å². The van der Waals surface area contributed by atoms with E-state index < -0.39 is 0 Å². The Morgan fingerprint density at radius 1 is 1.04 bits per heavy atom. The Bertz CT molecular complexity index is 720. The summed E-state index contributed by atoms with van der Waals surface area (Å²) in [6.07, 6.45) is 0.953. The van der Waals surface area contributed by atoms with Crippen LogP contribution in [0.1, 0.15) is 38.8 Å². The van der Waals surface area contributed by atoms with Crippen molar-refractivity contribution in [1.29, 1.82) is 0 Å². The number of ether oxygens (including phenoxy) is 1. The first-order valence-electron chi connectivity index (χ1n) is 8.19. The Morgan fingerprint density at radius 3 is 2.33 bits per heavy atom. The lowest BCUT2D eigenvalue weighted by molar-refractivity contribution is 0.416. The van der Waals surface area contributed by atoms with Gasteiger partial charge in [-0.25, -0.2) is 0 Å². The van der Waals surface area contributed by atoms with E-state index in [0.29, 0.717) is 5.11 Å². The van der Waals surface area contributed by atoms with Crippen LogP contribution in [0.25, 0.3) is 0 Å². The number of hydrogen-bond acceptors (Lipinski definition) is 2. The number of anilines is 2. The van der Waals surface area contributed by atoms with Crippen molar-refractivity contribution in [3.8, 4) is 5.75 Å². The standard InChI is InChI=1S/C20H26N2OS/c1-6-14-9-7-8-10-16(14)21-19(24)22-17-13-15(20(2,3)4)11-12-18(17)23-5/h7-13H,6H2,1-5H3,(H2,21,22,24).